The van der Waals surface area contributed by atoms with Gasteiger partial charge in [-0.3, -0.25) is 4.79 Å². The minimum absolute atomic E-state index is 0.189. The Kier molecular flexibility index (Phi) is 5.66. The number of ether oxygens (including phenoxy) is 2. The summed E-state index contributed by atoms with van der Waals surface area (Å²) < 4.78 is 46.4. The summed E-state index contributed by atoms with van der Waals surface area (Å²) in [6.07, 6.45) is 1.96. The zero-order valence-electron chi connectivity index (χ0n) is 19.7. The monoisotopic (exact) mass is 500 g/mol. The van der Waals surface area contributed by atoms with Crippen molar-refractivity contribution in [3.63, 3.8) is 0 Å². The smallest absolute Gasteiger partial charge is 0.406 e. The number of hydrogen-bond donors (Lipinski definition) is 1. The number of rotatable bonds is 5. The number of piperidine rings is 1. The number of fused-ring (bicyclic) bond motifs is 1. The minimum atomic E-state index is -4.76. The summed E-state index contributed by atoms with van der Waals surface area (Å²) in [6, 6.07) is 7.11. The van der Waals surface area contributed by atoms with Crippen LogP contribution in [0.5, 0.6) is 5.75 Å². The van der Waals surface area contributed by atoms with Crippen LogP contribution in [-0.2, 0) is 11.2 Å². The van der Waals surface area contributed by atoms with E-state index in [4.69, 9.17) is 9.72 Å². The molecule has 3 fully saturated rings. The lowest BCUT2D eigenvalue weighted by Gasteiger charge is -2.53. The van der Waals surface area contributed by atoms with Crippen molar-refractivity contribution >= 4 is 17.1 Å². The molecule has 0 atom stereocenters. The number of aromatic amines is 1. The molecule has 0 unspecified atom stereocenters. The van der Waals surface area contributed by atoms with E-state index in [1.54, 1.807) is 11.1 Å². The molecular formula is C26H27F3N4O3. The predicted octanol–water partition coefficient (Wildman–Crippen LogP) is 4.85. The number of carbonyl (C=O) groups is 1. The van der Waals surface area contributed by atoms with Gasteiger partial charge in [0.2, 0.25) is 0 Å². The fourth-order valence-corrected chi connectivity index (χ4v) is 6.00. The first-order valence-corrected chi connectivity index (χ1v) is 12.3. The normalized spacial score (nSPS) is 20.4. The number of imidazole rings is 1. The van der Waals surface area contributed by atoms with Gasteiger partial charge in [-0.1, -0.05) is 0 Å². The van der Waals surface area contributed by atoms with Crippen LogP contribution >= 0.6 is 0 Å². The molecule has 1 aliphatic carbocycles. The quantitative estimate of drug-likeness (QED) is 0.542. The van der Waals surface area contributed by atoms with Gasteiger partial charge in [0.25, 0.3) is 5.91 Å². The van der Waals surface area contributed by atoms with E-state index >= 15 is 0 Å². The van der Waals surface area contributed by atoms with Crippen molar-refractivity contribution in [1.82, 2.24) is 19.9 Å². The highest BCUT2D eigenvalue weighted by Crippen LogP contribution is 2.51. The zero-order chi connectivity index (χ0) is 24.9. The standard InChI is InChI=1S/C26H27F3N4O3/c27-26(28,29)36-19-3-1-18(2-4-19)24(34)33-9-6-17(7-10-33)20-5-8-30-23-22(20)31-21(32-23)11-16-12-25(13-16)14-35-15-25/h1-5,8,16-17H,6-7,9-15H2,(H,30,31,32). The number of hydrogen-bond acceptors (Lipinski definition) is 5. The molecule has 3 aliphatic rings. The number of benzene rings is 1. The van der Waals surface area contributed by atoms with E-state index < -0.39 is 6.36 Å². The molecular weight excluding hydrogens is 473 g/mol. The van der Waals surface area contributed by atoms with Gasteiger partial charge < -0.3 is 19.4 Å². The Morgan fingerprint density at radius 3 is 2.50 bits per heavy atom. The van der Waals surface area contributed by atoms with Crippen LogP contribution in [0.3, 0.4) is 0 Å². The highest BCUT2D eigenvalue weighted by atomic mass is 19.4. The van der Waals surface area contributed by atoms with Gasteiger partial charge in [0.05, 0.1) is 18.7 Å². The fraction of sp³-hybridized carbons (Fsp3) is 0.500. The van der Waals surface area contributed by atoms with E-state index in [1.807, 2.05) is 6.07 Å². The van der Waals surface area contributed by atoms with Gasteiger partial charge in [-0.25, -0.2) is 9.97 Å². The van der Waals surface area contributed by atoms with Crippen molar-refractivity contribution in [3.8, 4) is 5.75 Å². The summed E-state index contributed by atoms with van der Waals surface area (Å²) in [5.41, 5.74) is 3.68. The number of nitrogens with zero attached hydrogens (tertiary/aromatic N) is 3. The van der Waals surface area contributed by atoms with Gasteiger partial charge >= 0.3 is 6.36 Å². The summed E-state index contributed by atoms with van der Waals surface area (Å²) in [7, 11) is 0. The van der Waals surface area contributed by atoms with E-state index in [2.05, 4.69) is 14.7 Å². The minimum Gasteiger partial charge on any atom is -0.406 e. The van der Waals surface area contributed by atoms with Gasteiger partial charge in [-0.15, -0.1) is 13.2 Å². The third-order valence-corrected chi connectivity index (χ3v) is 7.77. The predicted molar refractivity (Wildman–Crippen MR) is 125 cm³/mol. The van der Waals surface area contributed by atoms with E-state index in [-0.39, 0.29) is 17.6 Å². The van der Waals surface area contributed by atoms with Gasteiger partial charge in [0, 0.05) is 36.7 Å². The maximum Gasteiger partial charge on any atom is 0.573 e. The molecule has 6 rings (SSSR count). The molecule has 1 aromatic carbocycles. The number of alkyl halides is 3. The number of aromatic nitrogens is 3. The number of pyridine rings is 1. The highest BCUT2D eigenvalue weighted by molar-refractivity contribution is 5.94. The first kappa shape index (κ1) is 23.3. The van der Waals surface area contributed by atoms with Crippen molar-refractivity contribution in [2.45, 2.75) is 44.4 Å². The number of nitrogens with one attached hydrogen (secondary N) is 1. The molecule has 1 amide bonds. The number of H-pyrrole nitrogens is 1. The second-order valence-corrected chi connectivity index (χ2v) is 10.4. The van der Waals surface area contributed by atoms with E-state index in [0.29, 0.717) is 30.0 Å². The van der Waals surface area contributed by atoms with Crippen LogP contribution in [0.1, 0.15) is 53.3 Å². The Labute approximate surface area is 206 Å². The van der Waals surface area contributed by atoms with Crippen LogP contribution in [0.25, 0.3) is 11.2 Å². The second kappa shape index (κ2) is 8.76. The lowest BCUT2D eigenvalue weighted by molar-refractivity contribution is -0.274. The number of halogens is 3. The Hall–Kier alpha value is -3.14. The summed E-state index contributed by atoms with van der Waals surface area (Å²) in [5.74, 6) is 1.37. The molecule has 0 bridgehead atoms. The van der Waals surface area contributed by atoms with Crippen molar-refractivity contribution in [1.29, 1.82) is 0 Å². The summed E-state index contributed by atoms with van der Waals surface area (Å²) in [5, 5.41) is 0. The molecule has 1 saturated carbocycles. The van der Waals surface area contributed by atoms with Crippen LogP contribution in [0, 0.1) is 11.3 Å². The average Bonchev–Trinajstić information content (AvgIpc) is 3.22. The zero-order valence-corrected chi connectivity index (χ0v) is 19.7. The Morgan fingerprint density at radius 2 is 1.86 bits per heavy atom. The molecule has 190 valence electrons. The third kappa shape index (κ3) is 4.54. The average molecular weight is 501 g/mol. The Balaban J connectivity index is 1.08. The molecule has 2 saturated heterocycles. The number of carbonyl (C=O) groups excluding carboxylic acids is 1. The van der Waals surface area contributed by atoms with Crippen LogP contribution in [0.15, 0.2) is 36.5 Å². The molecule has 1 spiro atoms. The van der Waals surface area contributed by atoms with Gasteiger partial charge in [-0.05, 0) is 73.4 Å². The maximum atomic E-state index is 12.9. The fourth-order valence-electron chi connectivity index (χ4n) is 6.00. The lowest BCUT2D eigenvalue weighted by Crippen LogP contribution is -2.52. The topological polar surface area (TPSA) is 80.3 Å². The van der Waals surface area contributed by atoms with Crippen molar-refractivity contribution in [3.05, 3.63) is 53.5 Å². The van der Waals surface area contributed by atoms with Crippen LogP contribution in [0.4, 0.5) is 13.2 Å². The molecule has 10 heteroatoms. The van der Waals surface area contributed by atoms with Crippen molar-refractivity contribution in [2.24, 2.45) is 11.3 Å². The molecule has 3 aromatic rings. The van der Waals surface area contributed by atoms with Gasteiger partial charge in [0.1, 0.15) is 11.6 Å². The molecule has 7 nitrogen and oxygen atoms in total. The largest absolute Gasteiger partial charge is 0.573 e. The SMILES string of the molecule is O=C(c1ccc(OC(F)(F)F)cc1)N1CCC(c2ccnc3nc(CC4CC5(COC5)C4)[nH]c23)CC1. The molecule has 1 N–H and O–H groups in total. The molecule has 4 heterocycles. The van der Waals surface area contributed by atoms with E-state index in [1.165, 1.54) is 42.7 Å². The summed E-state index contributed by atoms with van der Waals surface area (Å²) >= 11 is 0. The Bertz CT molecular complexity index is 1250. The third-order valence-electron chi connectivity index (χ3n) is 7.77. The Morgan fingerprint density at radius 1 is 1.14 bits per heavy atom. The molecule has 0 radical (unpaired) electrons. The lowest BCUT2D eigenvalue weighted by atomic mass is 9.60. The maximum absolute atomic E-state index is 12.9. The molecule has 2 aliphatic heterocycles. The van der Waals surface area contributed by atoms with Crippen LogP contribution < -0.4 is 4.74 Å². The van der Waals surface area contributed by atoms with Crippen LogP contribution in [-0.4, -0.2) is 58.4 Å². The van der Waals surface area contributed by atoms with E-state index in [9.17, 15) is 18.0 Å². The van der Waals surface area contributed by atoms with Crippen molar-refractivity contribution in [2.75, 3.05) is 26.3 Å². The van der Waals surface area contributed by atoms with Crippen LogP contribution in [0.2, 0.25) is 0 Å². The number of likely N-dealkylation sites (tertiary alicyclic amines) is 1. The first-order valence-electron chi connectivity index (χ1n) is 12.3. The summed E-state index contributed by atoms with van der Waals surface area (Å²) in [4.78, 5) is 27.4. The highest BCUT2D eigenvalue weighted by Gasteiger charge is 2.49. The van der Waals surface area contributed by atoms with Gasteiger partial charge in [0.15, 0.2) is 5.65 Å². The molecule has 2 aromatic heterocycles. The second-order valence-electron chi connectivity index (χ2n) is 10.4. The molecule has 36 heavy (non-hydrogen) atoms. The number of amides is 1. The van der Waals surface area contributed by atoms with Crippen molar-refractivity contribution < 1.29 is 27.4 Å². The summed E-state index contributed by atoms with van der Waals surface area (Å²) in [6.45, 7) is 2.94. The van der Waals surface area contributed by atoms with E-state index in [0.717, 1.165) is 49.5 Å². The van der Waals surface area contributed by atoms with Gasteiger partial charge in [-0.2, -0.15) is 0 Å². The first-order chi connectivity index (χ1) is 17.3.